The number of hydrogen-bond acceptors (Lipinski definition) is 6. The molecule has 0 atom stereocenters. The lowest BCUT2D eigenvalue weighted by Gasteiger charge is -2.21. The highest BCUT2D eigenvalue weighted by molar-refractivity contribution is 7.88. The van der Waals surface area contributed by atoms with E-state index in [1.54, 1.807) is 4.52 Å². The van der Waals surface area contributed by atoms with Crippen LogP contribution in [0.2, 0.25) is 0 Å². The van der Waals surface area contributed by atoms with Crippen molar-refractivity contribution >= 4 is 21.5 Å². The Kier molecular flexibility index (Phi) is 4.76. The van der Waals surface area contributed by atoms with Crippen LogP contribution >= 0.6 is 0 Å². The third kappa shape index (κ3) is 4.17. The van der Waals surface area contributed by atoms with Crippen LogP contribution in [0, 0.1) is 0 Å². The molecule has 8 nitrogen and oxygen atoms in total. The fraction of sp³-hybridized carbons (Fsp3) is 0.643. The van der Waals surface area contributed by atoms with E-state index in [4.69, 9.17) is 0 Å². The van der Waals surface area contributed by atoms with E-state index in [-0.39, 0.29) is 6.54 Å². The Balaban J connectivity index is 1.79. The van der Waals surface area contributed by atoms with E-state index < -0.39 is 10.0 Å². The highest BCUT2D eigenvalue weighted by atomic mass is 32.2. The molecular weight excluding hydrogens is 316 g/mol. The summed E-state index contributed by atoms with van der Waals surface area (Å²) in [6.07, 6.45) is 6.51. The molecule has 2 aromatic rings. The lowest BCUT2D eigenvalue weighted by Crippen LogP contribution is -2.26. The van der Waals surface area contributed by atoms with E-state index in [9.17, 15) is 8.42 Å². The van der Waals surface area contributed by atoms with Gasteiger partial charge in [-0.1, -0.05) is 12.8 Å². The number of nitrogens with one attached hydrogen (secondary N) is 1. The molecule has 9 heteroatoms. The Hall–Kier alpha value is -1.74. The first-order chi connectivity index (χ1) is 11.0. The average Bonchev–Trinajstić information content (AvgIpc) is 2.72. The largest absolute Gasteiger partial charge is 0.355 e. The molecule has 0 bridgehead atoms. The van der Waals surface area contributed by atoms with Crippen LogP contribution in [0.25, 0.3) is 5.65 Å². The number of anilines is 1. The van der Waals surface area contributed by atoms with Crippen LogP contribution in [-0.2, 0) is 16.4 Å². The molecule has 3 heterocycles. The highest BCUT2D eigenvalue weighted by Crippen LogP contribution is 2.17. The topological polar surface area (TPSA) is 92.5 Å². The second-order valence-corrected chi connectivity index (χ2v) is 7.73. The summed E-state index contributed by atoms with van der Waals surface area (Å²) in [5.41, 5.74) is 0.679. The van der Waals surface area contributed by atoms with Crippen LogP contribution in [0.1, 0.15) is 31.5 Å². The van der Waals surface area contributed by atoms with E-state index in [1.807, 2.05) is 12.1 Å². The van der Waals surface area contributed by atoms with Gasteiger partial charge in [-0.25, -0.2) is 13.1 Å². The van der Waals surface area contributed by atoms with Crippen molar-refractivity contribution in [2.45, 2.75) is 32.1 Å². The second-order valence-electron chi connectivity index (χ2n) is 5.90. The van der Waals surface area contributed by atoms with Gasteiger partial charge in [-0.15, -0.1) is 15.3 Å². The first-order valence-corrected chi connectivity index (χ1v) is 9.83. The standard InChI is InChI=1S/C14H22N6O2S/c1-23(21,22)15-9-8-13-17-16-12-6-7-14(18-20(12)13)19-10-4-2-3-5-11-19/h6-7,15H,2-5,8-11H2,1H3. The number of aromatic nitrogens is 4. The molecule has 1 aliphatic heterocycles. The van der Waals surface area contributed by atoms with Crippen molar-refractivity contribution in [3.8, 4) is 0 Å². The lowest BCUT2D eigenvalue weighted by atomic mass is 10.2. The lowest BCUT2D eigenvalue weighted by molar-refractivity contribution is 0.586. The van der Waals surface area contributed by atoms with Gasteiger partial charge in [0.2, 0.25) is 10.0 Å². The van der Waals surface area contributed by atoms with Gasteiger partial charge in [0.25, 0.3) is 0 Å². The summed E-state index contributed by atoms with van der Waals surface area (Å²) in [5.74, 6) is 1.59. The first-order valence-electron chi connectivity index (χ1n) is 7.94. The summed E-state index contributed by atoms with van der Waals surface area (Å²) in [6, 6.07) is 3.89. The fourth-order valence-electron chi connectivity index (χ4n) is 2.80. The van der Waals surface area contributed by atoms with Crippen LogP contribution < -0.4 is 9.62 Å². The van der Waals surface area contributed by atoms with Gasteiger partial charge in [0, 0.05) is 26.1 Å². The molecule has 2 aromatic heterocycles. The molecule has 126 valence electrons. The summed E-state index contributed by atoms with van der Waals surface area (Å²) in [4.78, 5) is 2.30. The van der Waals surface area contributed by atoms with Crippen molar-refractivity contribution in [2.75, 3.05) is 30.8 Å². The number of rotatable bonds is 5. The Bertz CT molecular complexity index is 765. The predicted molar refractivity (Wildman–Crippen MR) is 88.0 cm³/mol. The number of nitrogens with zero attached hydrogens (tertiary/aromatic N) is 5. The van der Waals surface area contributed by atoms with Crippen molar-refractivity contribution in [1.29, 1.82) is 0 Å². The van der Waals surface area contributed by atoms with E-state index >= 15 is 0 Å². The summed E-state index contributed by atoms with van der Waals surface area (Å²) < 4.78 is 26.5. The molecule has 1 aliphatic rings. The molecule has 0 aromatic carbocycles. The SMILES string of the molecule is CS(=O)(=O)NCCc1nnc2ccc(N3CCCCCC3)nn12. The molecule has 23 heavy (non-hydrogen) atoms. The van der Waals surface area contributed by atoms with Gasteiger partial charge in [-0.05, 0) is 25.0 Å². The minimum absolute atomic E-state index is 0.287. The second kappa shape index (κ2) is 6.79. The highest BCUT2D eigenvalue weighted by Gasteiger charge is 2.14. The van der Waals surface area contributed by atoms with Crippen LogP contribution in [-0.4, -0.2) is 54.1 Å². The Labute approximate surface area is 135 Å². The monoisotopic (exact) mass is 338 g/mol. The van der Waals surface area contributed by atoms with Crippen LogP contribution in [0.4, 0.5) is 5.82 Å². The maximum absolute atomic E-state index is 11.1. The molecule has 0 unspecified atom stereocenters. The summed E-state index contributed by atoms with van der Waals surface area (Å²) in [6.45, 7) is 2.33. The smallest absolute Gasteiger partial charge is 0.208 e. The third-order valence-corrected chi connectivity index (χ3v) is 4.68. The molecule has 3 rings (SSSR count). The van der Waals surface area contributed by atoms with E-state index in [0.717, 1.165) is 25.2 Å². The minimum atomic E-state index is -3.20. The predicted octanol–water partition coefficient (Wildman–Crippen LogP) is 0.596. The quantitative estimate of drug-likeness (QED) is 0.858. The molecule has 0 radical (unpaired) electrons. The van der Waals surface area contributed by atoms with E-state index in [1.165, 1.54) is 25.7 Å². The van der Waals surface area contributed by atoms with E-state index in [0.29, 0.717) is 17.9 Å². The van der Waals surface area contributed by atoms with Crippen molar-refractivity contribution in [3.63, 3.8) is 0 Å². The van der Waals surface area contributed by atoms with Crippen molar-refractivity contribution in [3.05, 3.63) is 18.0 Å². The van der Waals surface area contributed by atoms with Crippen LogP contribution in [0.3, 0.4) is 0 Å². The molecule has 0 saturated carbocycles. The zero-order chi connectivity index (χ0) is 16.3. The maximum atomic E-state index is 11.1. The van der Waals surface area contributed by atoms with Crippen molar-refractivity contribution in [2.24, 2.45) is 0 Å². The average molecular weight is 338 g/mol. The molecule has 0 spiro atoms. The third-order valence-electron chi connectivity index (χ3n) is 3.96. The van der Waals surface area contributed by atoms with Crippen molar-refractivity contribution < 1.29 is 8.42 Å². The molecule has 0 amide bonds. The first kappa shape index (κ1) is 16.1. The summed E-state index contributed by atoms with van der Waals surface area (Å²) in [7, 11) is -3.20. The summed E-state index contributed by atoms with van der Waals surface area (Å²) in [5, 5.41) is 12.9. The van der Waals surface area contributed by atoms with Gasteiger partial charge >= 0.3 is 0 Å². The number of sulfonamides is 1. The zero-order valence-electron chi connectivity index (χ0n) is 13.3. The maximum Gasteiger partial charge on any atom is 0.208 e. The molecule has 1 N–H and O–H groups in total. The Morgan fingerprint density at radius 1 is 1.13 bits per heavy atom. The Morgan fingerprint density at radius 2 is 1.87 bits per heavy atom. The number of hydrogen-bond donors (Lipinski definition) is 1. The van der Waals surface area contributed by atoms with E-state index in [2.05, 4.69) is 24.9 Å². The van der Waals surface area contributed by atoms with Gasteiger partial charge in [0.05, 0.1) is 6.26 Å². The fourth-order valence-corrected chi connectivity index (χ4v) is 3.27. The van der Waals surface area contributed by atoms with Crippen LogP contribution in [0.5, 0.6) is 0 Å². The van der Waals surface area contributed by atoms with Crippen LogP contribution in [0.15, 0.2) is 12.1 Å². The van der Waals surface area contributed by atoms with Gasteiger partial charge in [-0.3, -0.25) is 0 Å². The number of fused-ring (bicyclic) bond motifs is 1. The molecule has 1 saturated heterocycles. The molecule has 1 fully saturated rings. The molecular formula is C14H22N6O2S. The Morgan fingerprint density at radius 3 is 2.57 bits per heavy atom. The normalized spacial score (nSPS) is 16.7. The van der Waals surface area contributed by atoms with Gasteiger partial charge in [0.1, 0.15) is 5.82 Å². The van der Waals surface area contributed by atoms with Crippen molar-refractivity contribution in [1.82, 2.24) is 24.5 Å². The molecule has 0 aliphatic carbocycles. The zero-order valence-corrected chi connectivity index (χ0v) is 14.1. The van der Waals surface area contributed by atoms with Gasteiger partial charge in [0.15, 0.2) is 11.5 Å². The minimum Gasteiger partial charge on any atom is -0.355 e. The van der Waals surface area contributed by atoms with Gasteiger partial charge in [-0.2, -0.15) is 4.52 Å². The van der Waals surface area contributed by atoms with Gasteiger partial charge < -0.3 is 4.90 Å². The summed E-state index contributed by atoms with van der Waals surface area (Å²) >= 11 is 0.